The highest BCUT2D eigenvalue weighted by Crippen LogP contribution is 2.33. The normalized spacial score (nSPS) is 44.9. The van der Waals surface area contributed by atoms with Crippen molar-refractivity contribution in [3.63, 3.8) is 0 Å². The zero-order valence-electron chi connectivity index (χ0n) is 26.2. The lowest BCUT2D eigenvalue weighted by atomic mass is 9.81. The summed E-state index contributed by atoms with van der Waals surface area (Å²) in [7, 11) is 3.43. The van der Waals surface area contributed by atoms with Crippen LogP contribution in [0.4, 0.5) is 0 Å². The molecule has 2 heterocycles. The molecular weight excluding hydrogens is 550 g/mol. The van der Waals surface area contributed by atoms with Gasteiger partial charge in [0.05, 0.1) is 43.5 Å². The molecule has 0 aromatic heterocycles. The van der Waals surface area contributed by atoms with Gasteiger partial charge in [-0.2, -0.15) is 0 Å². The van der Waals surface area contributed by atoms with E-state index in [-0.39, 0.29) is 18.4 Å². The highest BCUT2D eigenvalue weighted by Gasteiger charge is 2.47. The molecule has 14 atom stereocenters. The van der Waals surface area contributed by atoms with E-state index < -0.39 is 103 Å². The Hall–Kier alpha value is -1.48. The van der Waals surface area contributed by atoms with Crippen LogP contribution in [0.3, 0.4) is 0 Å². The first-order chi connectivity index (χ1) is 19.5. The molecule has 1 fully saturated rings. The van der Waals surface area contributed by atoms with Gasteiger partial charge in [-0.15, -0.1) is 0 Å². The topological polar surface area (TPSA) is 186 Å². The molecular formula is C30H53NO11. The van der Waals surface area contributed by atoms with Crippen LogP contribution in [0, 0.1) is 23.7 Å². The zero-order chi connectivity index (χ0) is 32.0. The van der Waals surface area contributed by atoms with Gasteiger partial charge in [0, 0.05) is 17.8 Å². The quantitative estimate of drug-likeness (QED) is 0.183. The Kier molecular flexibility index (Phi) is 14.0. The standard InChI is InChI=1S/C30H53NO11/c1-9-21-19(13-32)11-15(3)25(36)28(39)24(35)14(2)10-16(4)29(17(5)20(33)12-22(34)41-21)42-30-27(38)23(31(7)8)26(37)18(6)40-30/h11,14,16-21,23,25-30,32-33,36-39H,9-10,12-13H2,1-8H3/b15-11+/t14-,16+,17+,18?,19-,20-,21-,23?,25?,26?,27?,28?,29+,30?/m1/s1. The van der Waals surface area contributed by atoms with Crippen molar-refractivity contribution in [1.82, 2.24) is 4.90 Å². The average Bonchev–Trinajstić information content (AvgIpc) is 2.93. The third-order valence-electron chi connectivity index (χ3n) is 8.88. The van der Waals surface area contributed by atoms with Crippen LogP contribution in [0.5, 0.6) is 0 Å². The molecule has 0 aromatic rings. The van der Waals surface area contributed by atoms with Crippen LogP contribution in [-0.4, -0.2) is 129 Å². The van der Waals surface area contributed by atoms with Gasteiger partial charge in [-0.25, -0.2) is 0 Å². The molecule has 0 bridgehead atoms. The number of hydrogen-bond donors (Lipinski definition) is 6. The van der Waals surface area contributed by atoms with E-state index in [0.29, 0.717) is 6.42 Å². The Morgan fingerprint density at radius 3 is 2.17 bits per heavy atom. The van der Waals surface area contributed by atoms with Gasteiger partial charge in [0.2, 0.25) is 0 Å². The van der Waals surface area contributed by atoms with Crippen LogP contribution in [0.15, 0.2) is 11.6 Å². The van der Waals surface area contributed by atoms with Crippen molar-refractivity contribution >= 4 is 11.8 Å². The molecule has 244 valence electrons. The van der Waals surface area contributed by atoms with E-state index in [1.54, 1.807) is 53.6 Å². The fourth-order valence-electron chi connectivity index (χ4n) is 6.15. The van der Waals surface area contributed by atoms with Crippen molar-refractivity contribution in [2.75, 3.05) is 20.7 Å². The second-order valence-electron chi connectivity index (χ2n) is 12.5. The van der Waals surface area contributed by atoms with Gasteiger partial charge in [-0.05, 0) is 52.3 Å². The maximum atomic E-state index is 13.2. The lowest BCUT2D eigenvalue weighted by molar-refractivity contribution is -0.303. The number of likely N-dealkylation sites (N-methyl/N-ethyl adjacent to an activating group) is 1. The molecule has 0 radical (unpaired) electrons. The molecule has 2 aliphatic heterocycles. The highest BCUT2D eigenvalue weighted by molar-refractivity contribution is 5.85. The number of aliphatic hydroxyl groups excluding tert-OH is 6. The molecule has 0 saturated carbocycles. The lowest BCUT2D eigenvalue weighted by Crippen LogP contribution is -2.63. The second-order valence-corrected chi connectivity index (χ2v) is 12.5. The van der Waals surface area contributed by atoms with E-state index in [1.807, 2.05) is 0 Å². The number of carbonyl (C=O) groups is 2. The van der Waals surface area contributed by atoms with Crippen LogP contribution >= 0.6 is 0 Å². The van der Waals surface area contributed by atoms with Gasteiger partial charge in [-0.1, -0.05) is 33.8 Å². The SMILES string of the molecule is CC[C@H]1OC(=O)C[C@@H](O)[C@H](C)[C@@H](OC2OC(C)C(O)C(N(C)C)C2O)[C@@H](C)C[C@@H](C)C(=O)C(O)C(O)/C(C)=C/[C@@H]1CO. The first-order valence-corrected chi connectivity index (χ1v) is 15.0. The van der Waals surface area contributed by atoms with Gasteiger partial charge in [0.1, 0.15) is 24.4 Å². The Balaban J connectivity index is 2.47. The fraction of sp³-hybridized carbons (Fsp3) is 0.867. The van der Waals surface area contributed by atoms with Crippen LogP contribution in [-0.2, 0) is 23.8 Å². The minimum Gasteiger partial charge on any atom is -0.462 e. The maximum Gasteiger partial charge on any atom is 0.308 e. The van der Waals surface area contributed by atoms with E-state index in [9.17, 15) is 40.2 Å². The van der Waals surface area contributed by atoms with Crippen molar-refractivity contribution in [1.29, 1.82) is 0 Å². The number of aliphatic hydroxyl groups is 6. The largest absolute Gasteiger partial charge is 0.462 e. The van der Waals surface area contributed by atoms with Gasteiger partial charge < -0.3 is 49.7 Å². The molecule has 12 nitrogen and oxygen atoms in total. The van der Waals surface area contributed by atoms with E-state index in [1.165, 1.54) is 13.0 Å². The van der Waals surface area contributed by atoms with Crippen molar-refractivity contribution in [2.24, 2.45) is 23.7 Å². The summed E-state index contributed by atoms with van der Waals surface area (Å²) in [5.74, 6) is -3.86. The van der Waals surface area contributed by atoms with Gasteiger partial charge in [0.15, 0.2) is 12.1 Å². The predicted molar refractivity (Wildman–Crippen MR) is 153 cm³/mol. The first kappa shape index (κ1) is 36.7. The monoisotopic (exact) mass is 603 g/mol. The minimum absolute atomic E-state index is 0.187. The summed E-state index contributed by atoms with van der Waals surface area (Å²) in [5, 5.41) is 64.4. The number of Topliss-reactive ketones (excluding diaryl/α,β-unsaturated/α-hetero) is 1. The van der Waals surface area contributed by atoms with Crippen molar-refractivity contribution in [2.45, 2.75) is 122 Å². The number of esters is 1. The predicted octanol–water partition coefficient (Wildman–Crippen LogP) is -0.00110. The van der Waals surface area contributed by atoms with E-state index in [4.69, 9.17) is 14.2 Å². The number of cyclic esters (lactones) is 1. The lowest BCUT2D eigenvalue weighted by Gasteiger charge is -2.46. The van der Waals surface area contributed by atoms with Crippen LogP contribution in [0.1, 0.15) is 60.8 Å². The molecule has 2 rings (SSSR count). The molecule has 42 heavy (non-hydrogen) atoms. The third-order valence-corrected chi connectivity index (χ3v) is 8.88. The second kappa shape index (κ2) is 16.0. The summed E-state index contributed by atoms with van der Waals surface area (Å²) in [6.45, 7) is 9.65. The zero-order valence-corrected chi connectivity index (χ0v) is 26.2. The van der Waals surface area contributed by atoms with E-state index >= 15 is 0 Å². The van der Waals surface area contributed by atoms with Crippen molar-refractivity contribution in [3.05, 3.63) is 11.6 Å². The summed E-state index contributed by atoms with van der Waals surface area (Å²) >= 11 is 0. The van der Waals surface area contributed by atoms with Crippen LogP contribution in [0.2, 0.25) is 0 Å². The number of nitrogens with zero attached hydrogens (tertiary/aromatic N) is 1. The molecule has 1 saturated heterocycles. The molecule has 2 aliphatic rings. The minimum atomic E-state index is -1.73. The van der Waals surface area contributed by atoms with E-state index in [0.717, 1.165) is 0 Å². The third kappa shape index (κ3) is 8.80. The highest BCUT2D eigenvalue weighted by atomic mass is 16.7. The Labute approximate surface area is 249 Å². The average molecular weight is 604 g/mol. The number of ether oxygens (including phenoxy) is 3. The molecule has 0 amide bonds. The van der Waals surface area contributed by atoms with Crippen LogP contribution in [0.25, 0.3) is 0 Å². The fourth-order valence-corrected chi connectivity index (χ4v) is 6.15. The number of carbonyl (C=O) groups excluding carboxylic acids is 2. The molecule has 0 aliphatic carbocycles. The van der Waals surface area contributed by atoms with Crippen LogP contribution < -0.4 is 0 Å². The maximum absolute atomic E-state index is 13.2. The molecule has 6 N–H and O–H groups in total. The summed E-state index contributed by atoms with van der Waals surface area (Å²) < 4.78 is 17.8. The van der Waals surface area contributed by atoms with Gasteiger partial charge in [-0.3, -0.25) is 9.59 Å². The summed E-state index contributed by atoms with van der Waals surface area (Å²) in [6, 6.07) is -0.700. The van der Waals surface area contributed by atoms with E-state index in [2.05, 4.69) is 0 Å². The van der Waals surface area contributed by atoms with Gasteiger partial charge >= 0.3 is 5.97 Å². The summed E-state index contributed by atoms with van der Waals surface area (Å²) in [6.07, 6.45) is -8.55. The molecule has 7 unspecified atom stereocenters. The van der Waals surface area contributed by atoms with Crippen molar-refractivity contribution in [3.8, 4) is 0 Å². The summed E-state index contributed by atoms with van der Waals surface area (Å²) in [5.41, 5.74) is 0.252. The number of rotatable bonds is 5. The molecule has 0 spiro atoms. The Morgan fingerprint density at radius 2 is 1.62 bits per heavy atom. The molecule has 0 aromatic carbocycles. The Bertz CT molecular complexity index is 914. The Morgan fingerprint density at radius 1 is 1.00 bits per heavy atom. The first-order valence-electron chi connectivity index (χ1n) is 15.0. The number of hydrogen-bond acceptors (Lipinski definition) is 12. The summed E-state index contributed by atoms with van der Waals surface area (Å²) in [4.78, 5) is 27.8. The van der Waals surface area contributed by atoms with Crippen molar-refractivity contribution < 1.29 is 54.4 Å². The number of ketones is 1. The molecule has 12 heteroatoms. The smallest absolute Gasteiger partial charge is 0.308 e. The van der Waals surface area contributed by atoms with Gasteiger partial charge in [0.25, 0.3) is 0 Å².